The van der Waals surface area contributed by atoms with Crippen molar-refractivity contribution in [1.82, 2.24) is 5.32 Å². The summed E-state index contributed by atoms with van der Waals surface area (Å²) in [6.07, 6.45) is 6.10. The number of oxime groups is 1. The minimum absolute atomic E-state index is 0.305. The average molecular weight is 213 g/mol. The van der Waals surface area contributed by atoms with Crippen molar-refractivity contribution < 1.29 is 5.21 Å². The highest BCUT2D eigenvalue weighted by Crippen LogP contribution is 2.28. The third kappa shape index (κ3) is 4.51. The van der Waals surface area contributed by atoms with Crippen molar-refractivity contribution in [3.05, 3.63) is 0 Å². The van der Waals surface area contributed by atoms with Crippen LogP contribution in [0.15, 0.2) is 5.16 Å². The number of amidine groups is 1. The molecule has 0 aromatic carbocycles. The Balaban J connectivity index is 2.08. The predicted octanol–water partition coefficient (Wildman–Crippen LogP) is 1.54. The van der Waals surface area contributed by atoms with Crippen LogP contribution in [0.4, 0.5) is 0 Å². The van der Waals surface area contributed by atoms with Gasteiger partial charge in [-0.25, -0.2) is 0 Å². The topological polar surface area (TPSA) is 70.6 Å². The Bertz CT molecular complexity index is 206. The quantitative estimate of drug-likeness (QED) is 0.213. The van der Waals surface area contributed by atoms with Gasteiger partial charge in [-0.15, -0.1) is 0 Å². The monoisotopic (exact) mass is 213 g/mol. The number of hydrogen-bond acceptors (Lipinski definition) is 3. The lowest BCUT2D eigenvalue weighted by Gasteiger charge is -2.28. The molecule has 1 aliphatic rings. The van der Waals surface area contributed by atoms with Crippen molar-refractivity contribution in [3.8, 4) is 0 Å². The highest BCUT2D eigenvalue weighted by molar-refractivity contribution is 5.79. The normalized spacial score (nSPS) is 27.9. The van der Waals surface area contributed by atoms with Crippen LogP contribution in [0.2, 0.25) is 0 Å². The van der Waals surface area contributed by atoms with Gasteiger partial charge in [0.25, 0.3) is 0 Å². The number of nitrogens with two attached hydrogens (primary N) is 1. The van der Waals surface area contributed by atoms with E-state index in [1.165, 1.54) is 25.7 Å². The van der Waals surface area contributed by atoms with Gasteiger partial charge in [-0.05, 0) is 24.8 Å². The van der Waals surface area contributed by atoms with Gasteiger partial charge < -0.3 is 16.3 Å². The molecule has 0 amide bonds. The van der Waals surface area contributed by atoms with Crippen molar-refractivity contribution in [3.63, 3.8) is 0 Å². The summed E-state index contributed by atoms with van der Waals surface area (Å²) in [7, 11) is 0. The molecular weight excluding hydrogens is 190 g/mol. The molecule has 0 aromatic heterocycles. The van der Waals surface area contributed by atoms with Gasteiger partial charge in [0.05, 0.1) is 0 Å². The predicted molar refractivity (Wildman–Crippen MR) is 62.0 cm³/mol. The van der Waals surface area contributed by atoms with Crippen LogP contribution >= 0.6 is 0 Å². The third-order valence-electron chi connectivity index (χ3n) is 3.38. The Kier molecular flexibility index (Phi) is 5.47. The van der Waals surface area contributed by atoms with Gasteiger partial charge in [0.15, 0.2) is 0 Å². The summed E-state index contributed by atoms with van der Waals surface area (Å²) < 4.78 is 0. The van der Waals surface area contributed by atoms with Crippen LogP contribution in [0, 0.1) is 11.8 Å². The van der Waals surface area contributed by atoms with E-state index in [4.69, 9.17) is 10.9 Å². The summed E-state index contributed by atoms with van der Waals surface area (Å²) in [5.74, 6) is 1.96. The van der Waals surface area contributed by atoms with Gasteiger partial charge in [0.1, 0.15) is 5.84 Å². The van der Waals surface area contributed by atoms with Crippen LogP contribution in [0.25, 0.3) is 0 Å². The Morgan fingerprint density at radius 1 is 1.47 bits per heavy atom. The SMILES string of the molecule is CC1CCCCC1CNCCC(N)=NO. The van der Waals surface area contributed by atoms with E-state index in [0.29, 0.717) is 12.3 Å². The summed E-state index contributed by atoms with van der Waals surface area (Å²) in [6.45, 7) is 4.22. The van der Waals surface area contributed by atoms with Crippen molar-refractivity contribution in [2.75, 3.05) is 13.1 Å². The fraction of sp³-hybridized carbons (Fsp3) is 0.909. The van der Waals surface area contributed by atoms with Crippen molar-refractivity contribution in [1.29, 1.82) is 0 Å². The molecular formula is C11H23N3O. The zero-order valence-corrected chi connectivity index (χ0v) is 9.58. The van der Waals surface area contributed by atoms with Gasteiger partial charge in [-0.3, -0.25) is 0 Å². The summed E-state index contributed by atoms with van der Waals surface area (Å²) >= 11 is 0. The lowest BCUT2D eigenvalue weighted by Crippen LogP contribution is -2.31. The standard InChI is InChI=1S/C11H23N3O/c1-9-4-2-3-5-10(9)8-13-7-6-11(12)14-15/h9-10,13,15H,2-8H2,1H3,(H2,12,14). The summed E-state index contributed by atoms with van der Waals surface area (Å²) in [4.78, 5) is 0. The molecule has 0 bridgehead atoms. The molecule has 1 aliphatic carbocycles. The minimum atomic E-state index is 0.305. The molecule has 4 heteroatoms. The van der Waals surface area contributed by atoms with E-state index in [9.17, 15) is 0 Å². The summed E-state index contributed by atoms with van der Waals surface area (Å²) in [5, 5.41) is 14.7. The Hall–Kier alpha value is -0.770. The maximum Gasteiger partial charge on any atom is 0.140 e. The van der Waals surface area contributed by atoms with E-state index in [1.807, 2.05) is 0 Å². The van der Waals surface area contributed by atoms with Gasteiger partial charge >= 0.3 is 0 Å². The Labute approximate surface area is 91.9 Å². The van der Waals surface area contributed by atoms with Gasteiger partial charge in [-0.2, -0.15) is 0 Å². The van der Waals surface area contributed by atoms with E-state index < -0.39 is 0 Å². The molecule has 0 radical (unpaired) electrons. The maximum atomic E-state index is 8.36. The third-order valence-corrected chi connectivity index (χ3v) is 3.38. The highest BCUT2D eigenvalue weighted by atomic mass is 16.4. The largest absolute Gasteiger partial charge is 0.409 e. The summed E-state index contributed by atoms with van der Waals surface area (Å²) in [6, 6.07) is 0. The molecule has 2 atom stereocenters. The highest BCUT2D eigenvalue weighted by Gasteiger charge is 2.20. The molecule has 0 heterocycles. The molecule has 1 saturated carbocycles. The number of hydrogen-bond donors (Lipinski definition) is 3. The van der Waals surface area contributed by atoms with Gasteiger partial charge in [-0.1, -0.05) is 31.3 Å². The van der Waals surface area contributed by atoms with E-state index in [2.05, 4.69) is 17.4 Å². The zero-order valence-electron chi connectivity index (χ0n) is 9.58. The average Bonchev–Trinajstić information content (AvgIpc) is 2.26. The van der Waals surface area contributed by atoms with Crippen molar-refractivity contribution >= 4 is 5.84 Å². The van der Waals surface area contributed by atoms with Gasteiger partial charge in [0, 0.05) is 13.0 Å². The zero-order chi connectivity index (χ0) is 11.1. The van der Waals surface area contributed by atoms with Gasteiger partial charge in [0.2, 0.25) is 0 Å². The van der Waals surface area contributed by atoms with Crippen LogP contribution in [0.1, 0.15) is 39.0 Å². The minimum Gasteiger partial charge on any atom is -0.409 e. The molecule has 2 unspecified atom stereocenters. The lowest BCUT2D eigenvalue weighted by atomic mass is 9.80. The first-order valence-corrected chi connectivity index (χ1v) is 5.91. The van der Waals surface area contributed by atoms with E-state index in [1.54, 1.807) is 0 Å². The molecule has 0 aliphatic heterocycles. The Morgan fingerprint density at radius 3 is 2.87 bits per heavy atom. The van der Waals surface area contributed by atoms with Crippen LogP contribution in [-0.2, 0) is 0 Å². The molecule has 4 nitrogen and oxygen atoms in total. The fourth-order valence-electron chi connectivity index (χ4n) is 2.25. The van der Waals surface area contributed by atoms with Crippen molar-refractivity contribution in [2.24, 2.45) is 22.7 Å². The first-order chi connectivity index (χ1) is 7.24. The first-order valence-electron chi connectivity index (χ1n) is 5.91. The first kappa shape index (κ1) is 12.3. The second-order valence-corrected chi connectivity index (χ2v) is 4.57. The Morgan fingerprint density at radius 2 is 2.20 bits per heavy atom. The smallest absolute Gasteiger partial charge is 0.140 e. The molecule has 88 valence electrons. The maximum absolute atomic E-state index is 8.36. The van der Waals surface area contributed by atoms with Crippen LogP contribution < -0.4 is 11.1 Å². The molecule has 1 fully saturated rings. The second kappa shape index (κ2) is 6.67. The second-order valence-electron chi connectivity index (χ2n) is 4.57. The van der Waals surface area contributed by atoms with Crippen LogP contribution in [0.5, 0.6) is 0 Å². The molecule has 0 saturated heterocycles. The lowest BCUT2D eigenvalue weighted by molar-refractivity contribution is 0.249. The molecule has 0 aromatic rings. The van der Waals surface area contributed by atoms with Crippen LogP contribution in [-0.4, -0.2) is 24.1 Å². The molecule has 15 heavy (non-hydrogen) atoms. The number of rotatable bonds is 5. The molecule has 1 rings (SSSR count). The van der Waals surface area contributed by atoms with E-state index in [0.717, 1.165) is 24.9 Å². The fourth-order valence-corrected chi connectivity index (χ4v) is 2.25. The number of nitrogens with zero attached hydrogens (tertiary/aromatic N) is 1. The van der Waals surface area contributed by atoms with Crippen molar-refractivity contribution in [2.45, 2.75) is 39.0 Å². The van der Waals surface area contributed by atoms with E-state index in [-0.39, 0.29) is 0 Å². The van der Waals surface area contributed by atoms with E-state index >= 15 is 0 Å². The molecule has 4 N–H and O–H groups in total. The van der Waals surface area contributed by atoms with Crippen LogP contribution in [0.3, 0.4) is 0 Å². The summed E-state index contributed by atoms with van der Waals surface area (Å²) in [5.41, 5.74) is 5.38. The molecule has 0 spiro atoms. The number of nitrogens with one attached hydrogen (secondary N) is 1.